The maximum absolute atomic E-state index is 13.0. The molecule has 142 valence electrons. The summed E-state index contributed by atoms with van der Waals surface area (Å²) in [5, 5.41) is 0. The molecule has 1 aliphatic carbocycles. The molecule has 0 radical (unpaired) electrons. The van der Waals surface area contributed by atoms with E-state index in [4.69, 9.17) is 14.2 Å². The van der Waals surface area contributed by atoms with Crippen LogP contribution in [0.3, 0.4) is 0 Å². The fourth-order valence-corrected chi connectivity index (χ4v) is 3.25. The monoisotopic (exact) mass is 361 g/mol. The number of hydrogen-bond donors (Lipinski definition) is 0. The van der Waals surface area contributed by atoms with Crippen molar-refractivity contribution in [3.63, 3.8) is 0 Å². The summed E-state index contributed by atoms with van der Waals surface area (Å²) in [6, 6.07) is 5.33. The van der Waals surface area contributed by atoms with E-state index in [0.717, 1.165) is 19.3 Å². The molecule has 0 spiro atoms. The van der Waals surface area contributed by atoms with Gasteiger partial charge in [0.1, 0.15) is 13.2 Å². The van der Waals surface area contributed by atoms with Crippen molar-refractivity contribution in [1.82, 2.24) is 4.90 Å². The highest BCUT2D eigenvalue weighted by atomic mass is 16.6. The molecule has 6 nitrogen and oxygen atoms in total. The molecule has 2 aliphatic rings. The average Bonchev–Trinajstić information content (AvgIpc) is 3.43. The Balaban J connectivity index is 1.67. The number of hydrogen-bond acceptors (Lipinski definition) is 5. The summed E-state index contributed by atoms with van der Waals surface area (Å²) in [7, 11) is 0. The quantitative estimate of drug-likeness (QED) is 0.666. The lowest BCUT2D eigenvalue weighted by Gasteiger charge is -2.24. The predicted molar refractivity (Wildman–Crippen MR) is 96.5 cm³/mol. The van der Waals surface area contributed by atoms with Crippen LogP contribution >= 0.6 is 0 Å². The Morgan fingerprint density at radius 1 is 1.19 bits per heavy atom. The second-order valence-electron chi connectivity index (χ2n) is 6.82. The van der Waals surface area contributed by atoms with E-state index in [2.05, 4.69) is 6.92 Å². The first-order valence-corrected chi connectivity index (χ1v) is 9.49. The Labute approximate surface area is 154 Å². The maximum atomic E-state index is 13.0. The van der Waals surface area contributed by atoms with E-state index in [1.54, 1.807) is 18.2 Å². The van der Waals surface area contributed by atoms with Gasteiger partial charge in [-0.25, -0.2) is 0 Å². The van der Waals surface area contributed by atoms with E-state index in [1.165, 1.54) is 0 Å². The third-order valence-electron chi connectivity index (χ3n) is 4.82. The molecular weight excluding hydrogens is 334 g/mol. The van der Waals surface area contributed by atoms with Gasteiger partial charge in [0.25, 0.3) is 5.91 Å². The van der Waals surface area contributed by atoms with Gasteiger partial charge in [0.2, 0.25) is 0 Å². The Kier molecular flexibility index (Phi) is 6.01. The summed E-state index contributed by atoms with van der Waals surface area (Å²) in [6.45, 7) is 6.62. The molecule has 0 saturated heterocycles. The van der Waals surface area contributed by atoms with Gasteiger partial charge in [-0.15, -0.1) is 0 Å². The van der Waals surface area contributed by atoms with Gasteiger partial charge in [-0.3, -0.25) is 9.59 Å². The van der Waals surface area contributed by atoms with Crippen molar-refractivity contribution in [3.8, 4) is 11.5 Å². The van der Waals surface area contributed by atoms with Crippen molar-refractivity contribution in [3.05, 3.63) is 23.8 Å². The van der Waals surface area contributed by atoms with Crippen molar-refractivity contribution in [1.29, 1.82) is 0 Å². The number of ether oxygens (including phenoxy) is 3. The number of nitrogens with zero attached hydrogens (tertiary/aromatic N) is 1. The number of fused-ring (bicyclic) bond motifs is 1. The van der Waals surface area contributed by atoms with Crippen LogP contribution in [0.2, 0.25) is 0 Å². The molecule has 0 bridgehead atoms. The van der Waals surface area contributed by atoms with Gasteiger partial charge >= 0.3 is 5.97 Å². The Bertz CT molecular complexity index is 660. The summed E-state index contributed by atoms with van der Waals surface area (Å²) in [4.78, 5) is 26.7. The molecule has 1 heterocycles. The molecule has 1 aromatic carbocycles. The third kappa shape index (κ3) is 4.29. The zero-order valence-corrected chi connectivity index (χ0v) is 15.5. The standard InChI is InChI=1S/C20H27NO5/c1-3-5-8-21(13-15-11-16(15)20(23)24-4-2)19(22)14-6-7-17-18(12-14)26-10-9-25-17/h6-7,12,15-16H,3-5,8-11,13H2,1-2H3/t15-,16+/m1/s1. The highest BCUT2D eigenvalue weighted by Crippen LogP contribution is 2.40. The zero-order valence-electron chi connectivity index (χ0n) is 15.5. The lowest BCUT2D eigenvalue weighted by atomic mass is 10.1. The number of benzene rings is 1. The van der Waals surface area contributed by atoms with E-state index in [-0.39, 0.29) is 23.7 Å². The van der Waals surface area contributed by atoms with Crippen LogP contribution in [0.1, 0.15) is 43.5 Å². The number of carbonyl (C=O) groups excluding carboxylic acids is 2. The van der Waals surface area contributed by atoms with E-state index in [1.807, 2.05) is 11.8 Å². The van der Waals surface area contributed by atoms with Crippen molar-refractivity contribution in [2.24, 2.45) is 11.8 Å². The fourth-order valence-electron chi connectivity index (χ4n) is 3.25. The van der Waals surface area contributed by atoms with E-state index < -0.39 is 0 Å². The molecule has 26 heavy (non-hydrogen) atoms. The molecule has 1 saturated carbocycles. The van der Waals surface area contributed by atoms with Crippen LogP contribution in [0, 0.1) is 11.8 Å². The minimum absolute atomic E-state index is 0.0232. The molecule has 0 unspecified atom stereocenters. The molecule has 1 fully saturated rings. The smallest absolute Gasteiger partial charge is 0.309 e. The fraction of sp³-hybridized carbons (Fsp3) is 0.600. The summed E-state index contributed by atoms with van der Waals surface area (Å²) in [6.07, 6.45) is 2.75. The van der Waals surface area contributed by atoms with Crippen LogP contribution in [0.5, 0.6) is 11.5 Å². The van der Waals surface area contributed by atoms with Gasteiger partial charge in [-0.2, -0.15) is 0 Å². The highest BCUT2D eigenvalue weighted by molar-refractivity contribution is 5.95. The number of rotatable bonds is 8. The Hall–Kier alpha value is -2.24. The second kappa shape index (κ2) is 8.43. The van der Waals surface area contributed by atoms with Crippen LogP contribution in [0.15, 0.2) is 18.2 Å². The molecule has 3 rings (SSSR count). The van der Waals surface area contributed by atoms with E-state index in [9.17, 15) is 9.59 Å². The van der Waals surface area contributed by atoms with Crippen LogP contribution in [0.25, 0.3) is 0 Å². The predicted octanol–water partition coefficient (Wildman–Crippen LogP) is 2.90. The minimum atomic E-state index is -0.139. The van der Waals surface area contributed by atoms with Crippen molar-refractivity contribution in [2.45, 2.75) is 33.1 Å². The van der Waals surface area contributed by atoms with Crippen LogP contribution in [-0.2, 0) is 9.53 Å². The summed E-state index contributed by atoms with van der Waals surface area (Å²) in [5.41, 5.74) is 0.596. The van der Waals surface area contributed by atoms with Crippen LogP contribution in [0.4, 0.5) is 0 Å². The molecular formula is C20H27NO5. The zero-order chi connectivity index (χ0) is 18.5. The minimum Gasteiger partial charge on any atom is -0.486 e. The molecule has 1 aromatic rings. The lowest BCUT2D eigenvalue weighted by molar-refractivity contribution is -0.145. The molecule has 0 N–H and O–H groups in total. The SMILES string of the molecule is CCCCN(C[C@H]1C[C@@H]1C(=O)OCC)C(=O)c1ccc2c(c1)OCCO2. The average molecular weight is 361 g/mol. The molecule has 6 heteroatoms. The molecule has 1 amide bonds. The van der Waals surface area contributed by atoms with Gasteiger partial charge in [0.05, 0.1) is 12.5 Å². The summed E-state index contributed by atoms with van der Waals surface area (Å²) < 4.78 is 16.2. The Morgan fingerprint density at radius 3 is 2.69 bits per heavy atom. The number of esters is 1. The maximum Gasteiger partial charge on any atom is 0.309 e. The number of carbonyl (C=O) groups is 2. The molecule has 1 aliphatic heterocycles. The van der Waals surface area contributed by atoms with Gasteiger partial charge in [0, 0.05) is 18.7 Å². The topological polar surface area (TPSA) is 65.1 Å². The van der Waals surface area contributed by atoms with Crippen molar-refractivity contribution >= 4 is 11.9 Å². The Morgan fingerprint density at radius 2 is 1.96 bits per heavy atom. The van der Waals surface area contributed by atoms with Crippen molar-refractivity contribution < 1.29 is 23.8 Å². The number of amides is 1. The van der Waals surface area contributed by atoms with Gasteiger partial charge in [-0.1, -0.05) is 13.3 Å². The lowest BCUT2D eigenvalue weighted by Crippen LogP contribution is -2.34. The first-order valence-electron chi connectivity index (χ1n) is 9.49. The number of unbranched alkanes of at least 4 members (excludes halogenated alkanes) is 1. The summed E-state index contributed by atoms with van der Waals surface area (Å²) >= 11 is 0. The first-order chi connectivity index (χ1) is 12.6. The van der Waals surface area contributed by atoms with Crippen LogP contribution in [-0.4, -0.2) is 49.7 Å². The summed E-state index contributed by atoms with van der Waals surface area (Å²) in [5.74, 6) is 1.27. The normalized spacial score (nSPS) is 20.4. The van der Waals surface area contributed by atoms with Gasteiger partial charge < -0.3 is 19.1 Å². The third-order valence-corrected chi connectivity index (χ3v) is 4.82. The van der Waals surface area contributed by atoms with E-state index in [0.29, 0.717) is 50.0 Å². The first kappa shape index (κ1) is 18.5. The molecule has 2 atom stereocenters. The largest absolute Gasteiger partial charge is 0.486 e. The van der Waals surface area contributed by atoms with Crippen LogP contribution < -0.4 is 9.47 Å². The van der Waals surface area contributed by atoms with Gasteiger partial charge in [0.15, 0.2) is 11.5 Å². The highest BCUT2D eigenvalue weighted by Gasteiger charge is 2.45. The van der Waals surface area contributed by atoms with E-state index >= 15 is 0 Å². The van der Waals surface area contributed by atoms with Crippen molar-refractivity contribution in [2.75, 3.05) is 32.9 Å². The molecule has 0 aromatic heterocycles. The second-order valence-corrected chi connectivity index (χ2v) is 6.82. The van der Waals surface area contributed by atoms with Gasteiger partial charge in [-0.05, 0) is 43.9 Å².